The van der Waals surface area contributed by atoms with Crippen LogP contribution in [0.15, 0.2) is 30.3 Å². The van der Waals surface area contributed by atoms with E-state index in [2.05, 4.69) is 12.2 Å². The van der Waals surface area contributed by atoms with Crippen molar-refractivity contribution >= 4 is 29.0 Å². The number of carbonyl (C=O) groups is 5. The van der Waals surface area contributed by atoms with Crippen LogP contribution in [0.25, 0.3) is 11.1 Å². The summed E-state index contributed by atoms with van der Waals surface area (Å²) in [5.74, 6) is -9.86. The number of phenolic OH excluding ortho intramolecular Hbond substituents is 1. The molecule has 11 heteroatoms. The third-order valence-corrected chi connectivity index (χ3v) is 9.45. The number of methoxy groups -OCH3 is 1. The number of rotatable bonds is 12. The molecule has 0 radical (unpaired) electrons. The topological polar surface area (TPSA) is 182 Å². The highest BCUT2D eigenvalue weighted by Gasteiger charge is 2.66. The van der Waals surface area contributed by atoms with Gasteiger partial charge in [0.25, 0.3) is 0 Å². The first-order valence-electron chi connectivity index (χ1n) is 15.5. The van der Waals surface area contributed by atoms with Crippen molar-refractivity contribution in [2.24, 2.45) is 29.4 Å². The Bertz CT molecular complexity index is 1540. The number of ether oxygens (including phenoxy) is 2. The molecular formula is C34H40N2O9. The molecule has 2 unspecified atom stereocenters. The van der Waals surface area contributed by atoms with Crippen molar-refractivity contribution in [3.63, 3.8) is 0 Å². The van der Waals surface area contributed by atoms with Crippen molar-refractivity contribution in [1.29, 1.82) is 0 Å². The summed E-state index contributed by atoms with van der Waals surface area (Å²) in [5, 5.41) is 25.7. The summed E-state index contributed by atoms with van der Waals surface area (Å²) in [6.45, 7) is 4.93. The van der Waals surface area contributed by atoms with Crippen LogP contribution in [0.2, 0.25) is 0 Å². The number of nitrogens with two attached hydrogens (primary N) is 1. The normalized spacial score (nSPS) is 25.8. The molecule has 0 aromatic heterocycles. The van der Waals surface area contributed by atoms with E-state index in [1.165, 1.54) is 6.07 Å². The number of Topliss-reactive ketones (excluding diaryl/α,β-unsaturated/α-hetero) is 4. The number of aliphatic hydroxyl groups is 1. The summed E-state index contributed by atoms with van der Waals surface area (Å²) in [4.78, 5) is 65.4. The minimum atomic E-state index is -2.68. The molecule has 0 saturated heterocycles. The molecule has 2 saturated carbocycles. The summed E-state index contributed by atoms with van der Waals surface area (Å²) < 4.78 is 11.3. The summed E-state index contributed by atoms with van der Waals surface area (Å²) >= 11 is 0. The van der Waals surface area contributed by atoms with Crippen LogP contribution in [0.5, 0.6) is 11.5 Å². The molecular weight excluding hydrogens is 580 g/mol. The van der Waals surface area contributed by atoms with E-state index in [-0.39, 0.29) is 30.6 Å². The van der Waals surface area contributed by atoms with E-state index < -0.39 is 58.3 Å². The van der Waals surface area contributed by atoms with Crippen molar-refractivity contribution in [1.82, 2.24) is 5.32 Å². The highest BCUT2D eigenvalue weighted by atomic mass is 16.5. The third-order valence-electron chi connectivity index (χ3n) is 9.45. The molecule has 2 aromatic rings. The average molecular weight is 621 g/mol. The lowest BCUT2D eigenvalue weighted by molar-refractivity contribution is -0.175. The van der Waals surface area contributed by atoms with Gasteiger partial charge in [-0.25, -0.2) is 0 Å². The van der Waals surface area contributed by atoms with Crippen molar-refractivity contribution in [3.8, 4) is 22.6 Å². The zero-order valence-corrected chi connectivity index (χ0v) is 25.6. The molecule has 45 heavy (non-hydrogen) atoms. The Labute approximate surface area is 261 Å². The van der Waals surface area contributed by atoms with Gasteiger partial charge < -0.3 is 30.7 Å². The van der Waals surface area contributed by atoms with Gasteiger partial charge in [-0.15, -0.1) is 0 Å². The first-order valence-corrected chi connectivity index (χ1v) is 15.5. The molecule has 2 aromatic carbocycles. The van der Waals surface area contributed by atoms with E-state index in [9.17, 15) is 34.2 Å². The Kier molecular flexibility index (Phi) is 9.52. The van der Waals surface area contributed by atoms with E-state index in [0.29, 0.717) is 35.6 Å². The number of amides is 1. The Morgan fingerprint density at radius 3 is 2.51 bits per heavy atom. The molecule has 3 aliphatic carbocycles. The zero-order valence-electron chi connectivity index (χ0n) is 25.6. The second-order valence-corrected chi connectivity index (χ2v) is 12.3. The molecule has 0 aliphatic heterocycles. The standard InChI is InChI=1S/C34H40N2O9/c1-3-4-11-45-12-5-10-36-17-18-6-9-26(44-2)22(13-18)21-7-8-24(37)28-23(21)15-19-14-20-16-25(38)29(33(35)42)32(41)34(20,43)31(40)27(19)30(28)39/h6-9,13,19-20,27,29,36-37,43H,3-5,10-12,14-17H2,1-2H3,(H2,35,42)/t19-,20+,27?,29?,34+/m1/s1. The van der Waals surface area contributed by atoms with Crippen LogP contribution in [0.1, 0.15) is 60.5 Å². The molecule has 5 N–H and O–H groups in total. The van der Waals surface area contributed by atoms with Gasteiger partial charge in [-0.3, -0.25) is 24.0 Å². The molecule has 2 fully saturated rings. The summed E-state index contributed by atoms with van der Waals surface area (Å²) in [7, 11) is 1.54. The monoisotopic (exact) mass is 620 g/mol. The van der Waals surface area contributed by atoms with Crippen LogP contribution >= 0.6 is 0 Å². The molecule has 0 spiro atoms. The third kappa shape index (κ3) is 5.80. The predicted molar refractivity (Wildman–Crippen MR) is 163 cm³/mol. The number of carbonyl (C=O) groups excluding carboxylic acids is 5. The van der Waals surface area contributed by atoms with Crippen LogP contribution < -0.4 is 15.8 Å². The van der Waals surface area contributed by atoms with Crippen LogP contribution in [-0.2, 0) is 36.9 Å². The maximum atomic E-state index is 14.0. The summed E-state index contributed by atoms with van der Waals surface area (Å²) in [6, 6.07) is 8.83. The number of nitrogens with one attached hydrogen (secondary N) is 1. The van der Waals surface area contributed by atoms with Gasteiger partial charge in [-0.05, 0) is 73.0 Å². The van der Waals surface area contributed by atoms with E-state index in [1.54, 1.807) is 13.2 Å². The summed E-state index contributed by atoms with van der Waals surface area (Å²) in [5.41, 5.74) is 5.38. The highest BCUT2D eigenvalue weighted by Crippen LogP contribution is 2.51. The van der Waals surface area contributed by atoms with Crippen LogP contribution in [-0.4, -0.2) is 71.7 Å². The first-order chi connectivity index (χ1) is 21.5. The van der Waals surface area contributed by atoms with Gasteiger partial charge in [0.1, 0.15) is 11.5 Å². The fourth-order valence-electron chi connectivity index (χ4n) is 7.18. The largest absolute Gasteiger partial charge is 0.507 e. The smallest absolute Gasteiger partial charge is 0.235 e. The molecule has 1 amide bonds. The van der Waals surface area contributed by atoms with Gasteiger partial charge in [0.05, 0.1) is 18.6 Å². The Balaban J connectivity index is 1.43. The molecule has 3 aliphatic rings. The zero-order chi connectivity index (χ0) is 32.5. The Morgan fingerprint density at radius 1 is 1.04 bits per heavy atom. The number of benzene rings is 2. The second kappa shape index (κ2) is 13.2. The summed E-state index contributed by atoms with van der Waals surface area (Å²) in [6.07, 6.45) is 2.84. The number of phenols is 1. The fraction of sp³-hybridized carbons (Fsp3) is 0.500. The second-order valence-electron chi connectivity index (χ2n) is 12.3. The number of primary amides is 1. The minimum absolute atomic E-state index is 0.0272. The van der Waals surface area contributed by atoms with Crippen molar-refractivity contribution < 1.29 is 43.7 Å². The van der Waals surface area contributed by atoms with E-state index in [0.717, 1.165) is 38.0 Å². The fourth-order valence-corrected chi connectivity index (χ4v) is 7.18. The van der Waals surface area contributed by atoms with Crippen LogP contribution in [0.4, 0.5) is 0 Å². The average Bonchev–Trinajstić information content (AvgIpc) is 3.00. The lowest BCUT2D eigenvalue weighted by atomic mass is 9.53. The van der Waals surface area contributed by atoms with Gasteiger partial charge in [0, 0.05) is 37.7 Å². The number of ketones is 4. The highest BCUT2D eigenvalue weighted by molar-refractivity contribution is 6.31. The molecule has 11 nitrogen and oxygen atoms in total. The SMILES string of the molecule is CCCCOCCCNCc1ccc(OC)c(-c2ccc(O)c3c2C[C@H]2C[C@H]4CC(=O)C(C(N)=O)C(=O)[C@@]4(O)C(=O)C2C3=O)c1. The van der Waals surface area contributed by atoms with Crippen molar-refractivity contribution in [2.45, 2.75) is 57.6 Å². The molecule has 240 valence electrons. The van der Waals surface area contributed by atoms with Crippen LogP contribution in [0.3, 0.4) is 0 Å². The maximum Gasteiger partial charge on any atom is 0.235 e. The minimum Gasteiger partial charge on any atom is -0.507 e. The van der Waals surface area contributed by atoms with Gasteiger partial charge in [0.2, 0.25) is 5.91 Å². The van der Waals surface area contributed by atoms with E-state index in [4.69, 9.17) is 15.2 Å². The quantitative estimate of drug-likeness (QED) is 0.203. The lowest BCUT2D eigenvalue weighted by Crippen LogP contribution is -2.68. The number of unbranched alkanes of at least 4 members (excludes halogenated alkanes) is 1. The predicted octanol–water partition coefficient (Wildman–Crippen LogP) is 2.30. The lowest BCUT2D eigenvalue weighted by Gasteiger charge is -2.48. The van der Waals surface area contributed by atoms with Gasteiger partial charge in [0.15, 0.2) is 34.7 Å². The number of fused-ring (bicyclic) bond motifs is 3. The molecule has 5 atom stereocenters. The Hall–Kier alpha value is -3.93. The number of aromatic hydroxyl groups is 1. The van der Waals surface area contributed by atoms with Crippen molar-refractivity contribution in [3.05, 3.63) is 47.0 Å². The molecule has 5 rings (SSSR count). The van der Waals surface area contributed by atoms with Gasteiger partial charge in [-0.2, -0.15) is 0 Å². The first kappa shape index (κ1) is 32.5. The number of hydrogen-bond acceptors (Lipinski definition) is 10. The Morgan fingerprint density at radius 2 is 1.80 bits per heavy atom. The van der Waals surface area contributed by atoms with E-state index >= 15 is 0 Å². The van der Waals surface area contributed by atoms with Crippen molar-refractivity contribution in [2.75, 3.05) is 26.9 Å². The molecule has 0 bridgehead atoms. The number of hydrogen-bond donors (Lipinski definition) is 4. The maximum absolute atomic E-state index is 14.0. The van der Waals surface area contributed by atoms with Crippen LogP contribution in [0, 0.1) is 23.7 Å². The van der Waals surface area contributed by atoms with Gasteiger partial charge >= 0.3 is 0 Å². The molecule has 0 heterocycles. The van der Waals surface area contributed by atoms with Gasteiger partial charge in [-0.1, -0.05) is 25.5 Å². The van der Waals surface area contributed by atoms with E-state index in [1.807, 2.05) is 18.2 Å².